The molecule has 20 heavy (non-hydrogen) atoms. The highest BCUT2D eigenvalue weighted by molar-refractivity contribution is 7.99. The Morgan fingerprint density at radius 1 is 1.35 bits per heavy atom. The van der Waals surface area contributed by atoms with Gasteiger partial charge in [-0.3, -0.25) is 9.59 Å². The Kier molecular flexibility index (Phi) is 7.34. The molecule has 0 saturated carbocycles. The molecule has 2 N–H and O–H groups in total. The summed E-state index contributed by atoms with van der Waals surface area (Å²) in [5.41, 5.74) is 0. The summed E-state index contributed by atoms with van der Waals surface area (Å²) in [5.74, 6) is 0.701. The summed E-state index contributed by atoms with van der Waals surface area (Å²) in [4.78, 5) is 21.7. The van der Waals surface area contributed by atoms with Crippen LogP contribution in [0.1, 0.15) is 0 Å². The fourth-order valence-corrected chi connectivity index (χ4v) is 1.88. The van der Waals surface area contributed by atoms with E-state index >= 15 is 0 Å². The highest BCUT2D eigenvalue weighted by atomic mass is 32.2. The van der Waals surface area contributed by atoms with Crippen molar-refractivity contribution in [3.05, 3.63) is 24.3 Å². The first-order chi connectivity index (χ1) is 9.61. The lowest BCUT2D eigenvalue weighted by Crippen LogP contribution is -2.30. The summed E-state index contributed by atoms with van der Waals surface area (Å²) >= 11 is 1.25. The highest BCUT2D eigenvalue weighted by Gasteiger charge is 2.03. The van der Waals surface area contributed by atoms with Crippen LogP contribution in [0.25, 0.3) is 0 Å². The van der Waals surface area contributed by atoms with Gasteiger partial charge in [0.1, 0.15) is 11.5 Å². The summed E-state index contributed by atoms with van der Waals surface area (Å²) in [6.07, 6.45) is 0. The van der Waals surface area contributed by atoms with Crippen LogP contribution in [0.3, 0.4) is 0 Å². The van der Waals surface area contributed by atoms with Crippen molar-refractivity contribution >= 4 is 23.6 Å². The molecule has 0 spiro atoms. The molecule has 1 amide bonds. The smallest absolute Gasteiger partial charge is 0.313 e. The topological polar surface area (TPSA) is 84.9 Å². The second kappa shape index (κ2) is 9.08. The van der Waals surface area contributed by atoms with E-state index in [2.05, 4.69) is 5.32 Å². The third kappa shape index (κ3) is 6.89. The minimum atomic E-state index is -0.859. The van der Waals surface area contributed by atoms with Crippen molar-refractivity contribution in [2.24, 2.45) is 0 Å². The molecule has 6 nitrogen and oxygen atoms in total. The first kappa shape index (κ1) is 16.2. The Hall–Kier alpha value is -1.89. The zero-order valence-electron chi connectivity index (χ0n) is 11.1. The Morgan fingerprint density at radius 2 is 2.10 bits per heavy atom. The number of methoxy groups -OCH3 is 1. The van der Waals surface area contributed by atoms with Gasteiger partial charge in [0.05, 0.1) is 12.9 Å². The lowest BCUT2D eigenvalue weighted by atomic mass is 10.3. The Morgan fingerprint density at radius 3 is 2.80 bits per heavy atom. The Balaban J connectivity index is 2.17. The van der Waals surface area contributed by atoms with Gasteiger partial charge in [0.25, 0.3) is 5.91 Å². The minimum Gasteiger partial charge on any atom is -0.497 e. The number of thioether (sulfide) groups is 1. The molecule has 0 aromatic heterocycles. The molecule has 1 aromatic rings. The zero-order valence-corrected chi connectivity index (χ0v) is 11.9. The number of benzene rings is 1. The molecule has 7 heteroatoms. The minimum absolute atomic E-state index is 0.0379. The van der Waals surface area contributed by atoms with Gasteiger partial charge in [0.15, 0.2) is 6.61 Å². The van der Waals surface area contributed by atoms with Gasteiger partial charge in [-0.2, -0.15) is 0 Å². The molecule has 0 fully saturated rings. The van der Waals surface area contributed by atoms with Gasteiger partial charge in [-0.15, -0.1) is 11.8 Å². The average molecular weight is 299 g/mol. The monoisotopic (exact) mass is 299 g/mol. The number of ether oxygens (including phenoxy) is 2. The third-order valence-electron chi connectivity index (χ3n) is 2.21. The first-order valence-electron chi connectivity index (χ1n) is 5.95. The van der Waals surface area contributed by atoms with Gasteiger partial charge in [-0.1, -0.05) is 6.07 Å². The van der Waals surface area contributed by atoms with Crippen molar-refractivity contribution in [1.29, 1.82) is 0 Å². The van der Waals surface area contributed by atoms with Crippen molar-refractivity contribution in [3.63, 3.8) is 0 Å². The van der Waals surface area contributed by atoms with Crippen LogP contribution in [0, 0.1) is 0 Å². The largest absolute Gasteiger partial charge is 0.497 e. The van der Waals surface area contributed by atoms with Gasteiger partial charge in [0.2, 0.25) is 0 Å². The van der Waals surface area contributed by atoms with E-state index in [1.54, 1.807) is 31.4 Å². The van der Waals surface area contributed by atoms with Crippen molar-refractivity contribution in [1.82, 2.24) is 5.32 Å². The number of carbonyl (C=O) groups excluding carboxylic acids is 1. The van der Waals surface area contributed by atoms with Crippen LogP contribution >= 0.6 is 11.8 Å². The van der Waals surface area contributed by atoms with Crippen molar-refractivity contribution in [3.8, 4) is 11.5 Å². The number of aliphatic carboxylic acids is 1. The van der Waals surface area contributed by atoms with Crippen LogP contribution in [0.5, 0.6) is 11.5 Å². The molecule has 0 aliphatic rings. The van der Waals surface area contributed by atoms with Crippen LogP contribution in [-0.4, -0.2) is 48.8 Å². The van der Waals surface area contributed by atoms with E-state index in [1.807, 2.05) is 0 Å². The lowest BCUT2D eigenvalue weighted by Gasteiger charge is -2.08. The van der Waals surface area contributed by atoms with Crippen molar-refractivity contribution < 1.29 is 24.2 Å². The number of carboxylic acid groups (broad SMARTS) is 1. The maximum Gasteiger partial charge on any atom is 0.313 e. The Labute approximate surface area is 121 Å². The Bertz CT molecular complexity index is 452. The van der Waals surface area contributed by atoms with E-state index in [1.165, 1.54) is 11.8 Å². The molecule has 1 aromatic carbocycles. The molecule has 0 atom stereocenters. The molecule has 0 aliphatic heterocycles. The number of hydrogen-bond donors (Lipinski definition) is 2. The van der Waals surface area contributed by atoms with Crippen LogP contribution in [0.2, 0.25) is 0 Å². The number of rotatable bonds is 9. The molecule has 0 unspecified atom stereocenters. The number of amides is 1. The number of nitrogens with one attached hydrogen (secondary N) is 1. The third-order valence-corrected chi connectivity index (χ3v) is 3.15. The molecule has 0 heterocycles. The molecular weight excluding hydrogens is 282 g/mol. The average Bonchev–Trinajstić information content (AvgIpc) is 2.44. The van der Waals surface area contributed by atoms with E-state index in [-0.39, 0.29) is 18.3 Å². The predicted octanol–water partition coefficient (Wildman–Crippen LogP) is 1.01. The maximum atomic E-state index is 11.5. The number of hydrogen-bond acceptors (Lipinski definition) is 5. The number of carbonyl (C=O) groups is 2. The first-order valence-corrected chi connectivity index (χ1v) is 7.10. The fourth-order valence-electron chi connectivity index (χ4n) is 1.31. The second-order valence-corrected chi connectivity index (χ2v) is 4.87. The summed E-state index contributed by atoms with van der Waals surface area (Å²) in [6.45, 7) is 0.328. The summed E-state index contributed by atoms with van der Waals surface area (Å²) in [5, 5.41) is 11.1. The lowest BCUT2D eigenvalue weighted by molar-refractivity contribution is -0.133. The van der Waals surface area contributed by atoms with Crippen LogP contribution < -0.4 is 14.8 Å². The fraction of sp³-hybridized carbons (Fsp3) is 0.385. The molecule has 0 bridgehead atoms. The molecule has 110 valence electrons. The molecule has 0 saturated heterocycles. The summed E-state index contributed by atoms with van der Waals surface area (Å²) in [6, 6.07) is 6.98. The summed E-state index contributed by atoms with van der Waals surface area (Å²) in [7, 11) is 1.56. The van der Waals surface area contributed by atoms with E-state index in [4.69, 9.17) is 14.6 Å². The summed E-state index contributed by atoms with van der Waals surface area (Å²) < 4.78 is 10.4. The van der Waals surface area contributed by atoms with E-state index in [9.17, 15) is 9.59 Å². The normalized spacial score (nSPS) is 9.85. The van der Waals surface area contributed by atoms with Gasteiger partial charge < -0.3 is 19.9 Å². The van der Waals surface area contributed by atoms with Crippen molar-refractivity contribution in [2.45, 2.75) is 0 Å². The molecule has 0 radical (unpaired) electrons. The SMILES string of the molecule is COc1cccc(OCC(=O)NCCSCC(=O)O)c1. The van der Waals surface area contributed by atoms with Gasteiger partial charge in [-0.05, 0) is 12.1 Å². The van der Waals surface area contributed by atoms with E-state index in [0.29, 0.717) is 23.8 Å². The second-order valence-electron chi connectivity index (χ2n) is 3.76. The number of carboxylic acids is 1. The van der Waals surface area contributed by atoms with Gasteiger partial charge in [-0.25, -0.2) is 0 Å². The molecule has 1 rings (SSSR count). The predicted molar refractivity (Wildman–Crippen MR) is 76.5 cm³/mol. The van der Waals surface area contributed by atoms with E-state index in [0.717, 1.165) is 0 Å². The molecule has 0 aliphatic carbocycles. The van der Waals surface area contributed by atoms with Gasteiger partial charge >= 0.3 is 5.97 Å². The van der Waals surface area contributed by atoms with Crippen LogP contribution in [0.4, 0.5) is 0 Å². The highest BCUT2D eigenvalue weighted by Crippen LogP contribution is 2.18. The van der Waals surface area contributed by atoms with Gasteiger partial charge in [0, 0.05) is 18.4 Å². The van der Waals surface area contributed by atoms with E-state index < -0.39 is 5.97 Å². The standard InChI is InChI=1S/C13H17NO5S/c1-18-10-3-2-4-11(7-10)19-8-12(15)14-5-6-20-9-13(16)17/h2-4,7H,5-6,8-9H2,1H3,(H,14,15)(H,16,17). The van der Waals surface area contributed by atoms with Crippen molar-refractivity contribution in [2.75, 3.05) is 31.8 Å². The quantitative estimate of drug-likeness (QED) is 0.662. The van der Waals surface area contributed by atoms with Crippen LogP contribution in [0.15, 0.2) is 24.3 Å². The molecular formula is C13H17NO5S. The van der Waals surface area contributed by atoms with Crippen LogP contribution in [-0.2, 0) is 9.59 Å². The maximum absolute atomic E-state index is 11.5. The zero-order chi connectivity index (χ0) is 14.8.